The molecule has 0 bridgehead atoms. The van der Waals surface area contributed by atoms with Crippen LogP contribution in [0.1, 0.15) is 55.0 Å². The number of imidazole rings is 1. The average Bonchev–Trinajstić information content (AvgIpc) is 3.03. The highest BCUT2D eigenvalue weighted by molar-refractivity contribution is 5.95. The zero-order valence-corrected chi connectivity index (χ0v) is 19.1. The Morgan fingerprint density at radius 3 is 2.29 bits per heavy atom. The Hall–Kier alpha value is -3.15. The third kappa shape index (κ3) is 4.48. The summed E-state index contributed by atoms with van der Waals surface area (Å²) in [6.45, 7) is 11.3. The number of benzene rings is 2. The van der Waals surface area contributed by atoms with Gasteiger partial charge in [-0.15, -0.1) is 0 Å². The summed E-state index contributed by atoms with van der Waals surface area (Å²) in [4.78, 5) is 25.3. The molecule has 0 spiro atoms. The molecule has 3 rings (SSSR count). The summed E-state index contributed by atoms with van der Waals surface area (Å²) >= 11 is 0. The predicted octanol–water partition coefficient (Wildman–Crippen LogP) is 4.20. The number of rotatable bonds is 8. The topological polar surface area (TPSA) is 64.2 Å². The molecule has 0 saturated carbocycles. The third-order valence-corrected chi connectivity index (χ3v) is 5.73. The molecule has 2 aromatic carbocycles. The molecule has 1 N–H and O–H groups in total. The largest absolute Gasteiger partial charge is 0.462 e. The second-order valence-corrected chi connectivity index (χ2v) is 7.51. The minimum absolute atomic E-state index is 0.0830. The van der Waals surface area contributed by atoms with Crippen molar-refractivity contribution in [2.75, 3.05) is 11.9 Å². The van der Waals surface area contributed by atoms with Gasteiger partial charge in [0.2, 0.25) is 0 Å². The van der Waals surface area contributed by atoms with E-state index in [0.717, 1.165) is 53.1 Å². The number of amides is 1. The quantitative estimate of drug-likeness (QED) is 0.437. The fraction of sp³-hybridized carbons (Fsp3) is 0.400. The summed E-state index contributed by atoms with van der Waals surface area (Å²) in [7, 11) is 0. The third-order valence-electron chi connectivity index (χ3n) is 5.73. The smallest absolute Gasteiger partial charge is 0.338 e. The summed E-state index contributed by atoms with van der Waals surface area (Å²) in [5.41, 5.74) is 5.51. The maximum atomic E-state index is 13.1. The minimum atomic E-state index is -0.355. The van der Waals surface area contributed by atoms with Gasteiger partial charge in [-0.2, -0.15) is 0 Å². The standard InChI is InChI=1S/C25H31N3O3/c1-6-18-11-10-12-19(7-2)24(18)26-23(29)16-28-17(5)27(8-3)21-14-13-20(15-22(21)28)25(30)31-9-4/h10-15H,6-9,16H2,1-5H3/p+1. The molecule has 1 aromatic heterocycles. The maximum Gasteiger partial charge on any atom is 0.338 e. The van der Waals surface area contributed by atoms with Crippen LogP contribution in [0.25, 0.3) is 11.0 Å². The van der Waals surface area contributed by atoms with E-state index in [9.17, 15) is 9.59 Å². The molecule has 0 saturated heterocycles. The van der Waals surface area contributed by atoms with Gasteiger partial charge in [0.05, 0.1) is 18.7 Å². The van der Waals surface area contributed by atoms with E-state index in [1.54, 1.807) is 13.0 Å². The van der Waals surface area contributed by atoms with Gasteiger partial charge in [-0.25, -0.2) is 13.9 Å². The van der Waals surface area contributed by atoms with Crippen molar-refractivity contribution in [3.63, 3.8) is 0 Å². The molecule has 0 atom stereocenters. The lowest BCUT2D eigenvalue weighted by atomic mass is 10.0. The first-order valence-electron chi connectivity index (χ1n) is 11.0. The average molecular weight is 423 g/mol. The summed E-state index contributed by atoms with van der Waals surface area (Å²) in [5, 5.41) is 3.15. The second kappa shape index (κ2) is 9.77. The number of anilines is 1. The normalized spacial score (nSPS) is 11.0. The van der Waals surface area contributed by atoms with E-state index in [0.29, 0.717) is 12.2 Å². The van der Waals surface area contributed by atoms with Gasteiger partial charge in [0.1, 0.15) is 0 Å². The van der Waals surface area contributed by atoms with Crippen molar-refractivity contribution >= 4 is 28.6 Å². The first-order valence-corrected chi connectivity index (χ1v) is 11.0. The number of aryl methyl sites for hydroxylation is 3. The Morgan fingerprint density at radius 1 is 1.03 bits per heavy atom. The number of carbonyl (C=O) groups is 2. The highest BCUT2D eigenvalue weighted by atomic mass is 16.5. The number of aromatic nitrogens is 2. The van der Waals surface area contributed by atoms with Crippen molar-refractivity contribution in [1.82, 2.24) is 4.57 Å². The van der Waals surface area contributed by atoms with Crippen LogP contribution in [0, 0.1) is 6.92 Å². The van der Waals surface area contributed by atoms with Gasteiger partial charge in [0.15, 0.2) is 17.6 Å². The Morgan fingerprint density at radius 2 is 1.71 bits per heavy atom. The monoisotopic (exact) mass is 422 g/mol. The number of fused-ring (bicyclic) bond motifs is 1. The molecule has 164 valence electrons. The first-order chi connectivity index (χ1) is 14.9. The van der Waals surface area contributed by atoms with E-state index in [-0.39, 0.29) is 18.4 Å². The highest BCUT2D eigenvalue weighted by Crippen LogP contribution is 2.23. The first kappa shape index (κ1) is 22.5. The summed E-state index contributed by atoms with van der Waals surface area (Å²) in [5.74, 6) is 0.528. The van der Waals surface area contributed by atoms with Crippen molar-refractivity contribution in [2.45, 2.75) is 60.5 Å². The number of nitrogens with one attached hydrogen (secondary N) is 1. The lowest BCUT2D eigenvalue weighted by Crippen LogP contribution is -2.35. The van der Waals surface area contributed by atoms with E-state index in [1.165, 1.54) is 0 Å². The molecule has 31 heavy (non-hydrogen) atoms. The summed E-state index contributed by atoms with van der Waals surface area (Å²) in [6.07, 6.45) is 1.71. The number of ether oxygens (including phenoxy) is 1. The zero-order chi connectivity index (χ0) is 22.5. The molecule has 0 unspecified atom stereocenters. The predicted molar refractivity (Wildman–Crippen MR) is 122 cm³/mol. The Labute approximate surface area is 183 Å². The van der Waals surface area contributed by atoms with Crippen LogP contribution < -0.4 is 9.88 Å². The van der Waals surface area contributed by atoms with Crippen LogP contribution in [0.2, 0.25) is 0 Å². The molecule has 3 aromatic rings. The summed E-state index contributed by atoms with van der Waals surface area (Å²) in [6, 6.07) is 11.7. The molecule has 0 aliphatic heterocycles. The number of para-hydroxylation sites is 1. The van der Waals surface area contributed by atoms with Crippen LogP contribution in [0.3, 0.4) is 0 Å². The molecule has 1 amide bonds. The van der Waals surface area contributed by atoms with Crippen LogP contribution in [0.4, 0.5) is 5.69 Å². The van der Waals surface area contributed by atoms with E-state index >= 15 is 0 Å². The fourth-order valence-electron chi connectivity index (χ4n) is 4.13. The SMILES string of the molecule is CCOC(=O)c1ccc2c(c1)n(CC(=O)Nc1c(CC)cccc1CC)c(C)[n+]2CC. The number of hydrogen-bond donors (Lipinski definition) is 1. The van der Waals surface area contributed by atoms with E-state index in [1.807, 2.05) is 29.7 Å². The minimum Gasteiger partial charge on any atom is -0.462 e. The molecule has 0 aliphatic rings. The fourth-order valence-corrected chi connectivity index (χ4v) is 4.13. The van der Waals surface area contributed by atoms with Crippen LogP contribution >= 0.6 is 0 Å². The van der Waals surface area contributed by atoms with Gasteiger partial charge in [-0.1, -0.05) is 32.0 Å². The maximum absolute atomic E-state index is 13.1. The Kier molecular flexibility index (Phi) is 7.10. The van der Waals surface area contributed by atoms with E-state index in [4.69, 9.17) is 4.74 Å². The van der Waals surface area contributed by atoms with E-state index < -0.39 is 0 Å². The molecular formula is C25H32N3O3+. The van der Waals surface area contributed by atoms with Crippen molar-refractivity contribution in [3.05, 3.63) is 58.9 Å². The number of carbonyl (C=O) groups excluding carboxylic acids is 2. The molecule has 6 nitrogen and oxygen atoms in total. The van der Waals surface area contributed by atoms with Gasteiger partial charge in [0, 0.05) is 18.7 Å². The van der Waals surface area contributed by atoms with Crippen molar-refractivity contribution < 1.29 is 18.9 Å². The van der Waals surface area contributed by atoms with Gasteiger partial charge >= 0.3 is 5.97 Å². The second-order valence-electron chi connectivity index (χ2n) is 7.51. The van der Waals surface area contributed by atoms with Crippen LogP contribution in [-0.4, -0.2) is 23.1 Å². The molecule has 1 heterocycles. The van der Waals surface area contributed by atoms with Crippen LogP contribution in [0.15, 0.2) is 36.4 Å². The van der Waals surface area contributed by atoms with Gasteiger partial charge in [-0.3, -0.25) is 4.79 Å². The zero-order valence-electron chi connectivity index (χ0n) is 19.1. The number of esters is 1. The molecular weight excluding hydrogens is 390 g/mol. The lowest BCUT2D eigenvalue weighted by Gasteiger charge is -2.14. The van der Waals surface area contributed by atoms with Crippen molar-refractivity contribution in [2.24, 2.45) is 0 Å². The number of nitrogens with zero attached hydrogens (tertiary/aromatic N) is 2. The van der Waals surface area contributed by atoms with Crippen molar-refractivity contribution in [3.8, 4) is 0 Å². The van der Waals surface area contributed by atoms with Crippen LogP contribution in [-0.2, 0) is 35.5 Å². The molecule has 0 radical (unpaired) electrons. The van der Waals surface area contributed by atoms with E-state index in [2.05, 4.69) is 42.8 Å². The van der Waals surface area contributed by atoms with Gasteiger partial charge in [0.25, 0.3) is 11.7 Å². The Bertz CT molecular complexity index is 1090. The molecule has 6 heteroatoms. The highest BCUT2D eigenvalue weighted by Gasteiger charge is 2.24. The lowest BCUT2D eigenvalue weighted by molar-refractivity contribution is -0.674. The Balaban J connectivity index is 1.99. The number of hydrogen-bond acceptors (Lipinski definition) is 3. The molecule has 0 aliphatic carbocycles. The van der Waals surface area contributed by atoms with Gasteiger partial charge in [-0.05, 0) is 49.9 Å². The van der Waals surface area contributed by atoms with Crippen molar-refractivity contribution in [1.29, 1.82) is 0 Å². The molecule has 0 fully saturated rings. The summed E-state index contributed by atoms with van der Waals surface area (Å²) < 4.78 is 9.27. The van der Waals surface area contributed by atoms with Gasteiger partial charge < -0.3 is 10.1 Å². The van der Waals surface area contributed by atoms with Crippen LogP contribution in [0.5, 0.6) is 0 Å².